The number of benzene rings is 2. The van der Waals surface area contributed by atoms with Crippen molar-refractivity contribution >= 4 is 36.0 Å². The SMILES string of the molecule is [B]Cc1ccc(C(=O)OCC(F)(F)S(=O)(=O)O)c(OC(=O)C2C=Cc3ccccc32)c1. The molecule has 0 aliphatic heterocycles. The van der Waals surface area contributed by atoms with Gasteiger partial charge in [-0.1, -0.05) is 54.4 Å². The van der Waals surface area contributed by atoms with Crippen LogP contribution in [-0.2, 0) is 26.0 Å². The minimum atomic E-state index is -5.78. The van der Waals surface area contributed by atoms with Gasteiger partial charge < -0.3 is 9.47 Å². The van der Waals surface area contributed by atoms with Gasteiger partial charge in [-0.3, -0.25) is 9.35 Å². The molecule has 0 saturated heterocycles. The first-order valence-electron chi connectivity index (χ1n) is 8.87. The van der Waals surface area contributed by atoms with E-state index in [1.807, 2.05) is 6.07 Å². The number of alkyl halides is 2. The van der Waals surface area contributed by atoms with Crippen LogP contribution in [0.5, 0.6) is 5.75 Å². The molecular formula is C20H15BF2O7S. The van der Waals surface area contributed by atoms with Gasteiger partial charge in [0.2, 0.25) is 0 Å². The predicted octanol–water partition coefficient (Wildman–Crippen LogP) is 2.71. The number of ether oxygens (including phenoxy) is 2. The van der Waals surface area contributed by atoms with Crippen molar-refractivity contribution in [1.82, 2.24) is 0 Å². The van der Waals surface area contributed by atoms with E-state index in [4.69, 9.17) is 17.1 Å². The van der Waals surface area contributed by atoms with E-state index < -0.39 is 45.4 Å². The first-order chi connectivity index (χ1) is 14.5. The standard InChI is InChI=1S/C20H15BF2O7S/c21-10-12-5-7-16(18(24)29-11-20(22,23)31(26,27)28)17(9-12)30-19(25)15-8-6-13-3-1-2-4-14(13)15/h1-9,15H,10-11H2,(H,26,27,28). The van der Waals surface area contributed by atoms with E-state index in [9.17, 15) is 26.8 Å². The van der Waals surface area contributed by atoms with Crippen LogP contribution in [0.2, 0.25) is 0 Å². The zero-order valence-electron chi connectivity index (χ0n) is 15.8. The van der Waals surface area contributed by atoms with E-state index in [0.29, 0.717) is 11.1 Å². The summed E-state index contributed by atoms with van der Waals surface area (Å²) in [6.45, 7) is -1.92. The molecule has 1 aliphatic carbocycles. The fraction of sp³-hybridized carbons (Fsp3) is 0.200. The summed E-state index contributed by atoms with van der Waals surface area (Å²) in [5.41, 5.74) is 1.60. The Kier molecular flexibility index (Phi) is 6.28. The molecule has 7 nitrogen and oxygen atoms in total. The highest BCUT2D eigenvalue weighted by molar-refractivity contribution is 7.86. The average Bonchev–Trinajstić information content (AvgIpc) is 3.15. The van der Waals surface area contributed by atoms with Crippen LogP contribution in [-0.4, -0.2) is 44.6 Å². The first kappa shape index (κ1) is 22.6. The molecule has 0 aromatic heterocycles. The molecule has 1 atom stereocenters. The van der Waals surface area contributed by atoms with Crippen LogP contribution in [0.1, 0.15) is 33.0 Å². The van der Waals surface area contributed by atoms with Gasteiger partial charge in [0.25, 0.3) is 0 Å². The lowest BCUT2D eigenvalue weighted by molar-refractivity contribution is -0.134. The highest BCUT2D eigenvalue weighted by Crippen LogP contribution is 2.32. The fourth-order valence-corrected chi connectivity index (χ4v) is 3.08. The largest absolute Gasteiger partial charge is 0.454 e. The van der Waals surface area contributed by atoms with Gasteiger partial charge in [0.05, 0.1) is 7.85 Å². The van der Waals surface area contributed by atoms with Gasteiger partial charge >= 0.3 is 27.3 Å². The van der Waals surface area contributed by atoms with Crippen LogP contribution in [0, 0.1) is 0 Å². The zero-order valence-corrected chi connectivity index (χ0v) is 16.6. The van der Waals surface area contributed by atoms with E-state index in [0.717, 1.165) is 11.6 Å². The summed E-state index contributed by atoms with van der Waals surface area (Å²) in [7, 11) is -0.216. The lowest BCUT2D eigenvalue weighted by atomic mass is 9.95. The fourth-order valence-electron chi connectivity index (χ4n) is 2.88. The number of esters is 2. The quantitative estimate of drug-likeness (QED) is 0.301. The maximum absolute atomic E-state index is 13.4. The lowest BCUT2D eigenvalue weighted by Gasteiger charge is -2.16. The van der Waals surface area contributed by atoms with E-state index >= 15 is 0 Å². The minimum Gasteiger partial charge on any atom is -0.454 e. The summed E-state index contributed by atoms with van der Waals surface area (Å²) in [5, 5.41) is -4.70. The van der Waals surface area contributed by atoms with Crippen molar-refractivity contribution in [2.24, 2.45) is 0 Å². The third-order valence-corrected chi connectivity index (χ3v) is 5.39. The van der Waals surface area contributed by atoms with Crippen molar-refractivity contribution in [3.8, 4) is 5.75 Å². The third-order valence-electron chi connectivity index (χ3n) is 4.51. The van der Waals surface area contributed by atoms with E-state index in [1.165, 1.54) is 12.1 Å². The summed E-state index contributed by atoms with van der Waals surface area (Å²) >= 11 is 0. The Morgan fingerprint density at radius 2 is 1.87 bits per heavy atom. The summed E-state index contributed by atoms with van der Waals surface area (Å²) < 4.78 is 66.2. The maximum Gasteiger partial charge on any atom is 0.402 e. The van der Waals surface area contributed by atoms with Crippen LogP contribution in [0.25, 0.3) is 6.08 Å². The second kappa shape index (κ2) is 8.60. The van der Waals surface area contributed by atoms with Crippen LogP contribution >= 0.6 is 0 Å². The number of carbonyl (C=O) groups is 2. The summed E-state index contributed by atoms with van der Waals surface area (Å²) in [6, 6.07) is 10.9. The van der Waals surface area contributed by atoms with Gasteiger partial charge in [0, 0.05) is 0 Å². The monoisotopic (exact) mass is 448 g/mol. The molecule has 11 heteroatoms. The van der Waals surface area contributed by atoms with Crippen LogP contribution in [0.15, 0.2) is 48.5 Å². The molecule has 1 unspecified atom stereocenters. The summed E-state index contributed by atoms with van der Waals surface area (Å²) in [5.74, 6) is -3.14. The number of hydrogen-bond acceptors (Lipinski definition) is 6. The molecule has 2 radical (unpaired) electrons. The highest BCUT2D eigenvalue weighted by atomic mass is 32.2. The molecular weight excluding hydrogens is 433 g/mol. The molecule has 1 aliphatic rings. The molecule has 0 fully saturated rings. The van der Waals surface area contributed by atoms with Crippen molar-refractivity contribution in [3.05, 3.63) is 70.8 Å². The second-order valence-corrected chi connectivity index (χ2v) is 8.16. The minimum absolute atomic E-state index is 0.0346. The van der Waals surface area contributed by atoms with Gasteiger partial charge in [0.1, 0.15) is 17.2 Å². The van der Waals surface area contributed by atoms with E-state index in [-0.39, 0.29) is 12.1 Å². The van der Waals surface area contributed by atoms with E-state index in [1.54, 1.807) is 30.4 Å². The Hall–Kier alpha value is -3.05. The lowest BCUT2D eigenvalue weighted by Crippen LogP contribution is -2.34. The maximum atomic E-state index is 13.4. The Morgan fingerprint density at radius 1 is 1.16 bits per heavy atom. The van der Waals surface area contributed by atoms with Crippen LogP contribution in [0.3, 0.4) is 0 Å². The Balaban J connectivity index is 1.83. The molecule has 0 heterocycles. The van der Waals surface area contributed by atoms with Gasteiger partial charge in [0.15, 0.2) is 6.61 Å². The van der Waals surface area contributed by atoms with Gasteiger partial charge in [-0.25, -0.2) is 4.79 Å². The first-order valence-corrected chi connectivity index (χ1v) is 10.3. The highest BCUT2D eigenvalue weighted by Gasteiger charge is 2.45. The van der Waals surface area contributed by atoms with Crippen molar-refractivity contribution in [2.45, 2.75) is 17.5 Å². The molecule has 0 amide bonds. The average molecular weight is 448 g/mol. The molecule has 2 aromatic rings. The summed E-state index contributed by atoms with van der Waals surface area (Å²) in [4.78, 5) is 25.0. The third kappa shape index (κ3) is 4.83. The van der Waals surface area contributed by atoms with Crippen molar-refractivity contribution in [1.29, 1.82) is 0 Å². The Labute approximate surface area is 177 Å². The predicted molar refractivity (Wildman–Crippen MR) is 107 cm³/mol. The molecule has 160 valence electrons. The van der Waals surface area contributed by atoms with Gasteiger partial charge in [-0.2, -0.15) is 17.2 Å². The Bertz CT molecular complexity index is 1160. The van der Waals surface area contributed by atoms with Crippen molar-refractivity contribution < 1.29 is 40.8 Å². The molecule has 3 rings (SSSR count). The van der Waals surface area contributed by atoms with Crippen LogP contribution in [0.4, 0.5) is 8.78 Å². The molecule has 0 spiro atoms. The van der Waals surface area contributed by atoms with Crippen LogP contribution < -0.4 is 4.74 Å². The number of rotatable bonds is 7. The number of fused-ring (bicyclic) bond motifs is 1. The summed E-state index contributed by atoms with van der Waals surface area (Å²) in [6.07, 6.45) is 3.39. The molecule has 0 saturated carbocycles. The van der Waals surface area contributed by atoms with Gasteiger partial charge in [-0.15, -0.1) is 0 Å². The number of halogens is 2. The van der Waals surface area contributed by atoms with E-state index in [2.05, 4.69) is 4.74 Å². The number of carbonyl (C=O) groups excluding carboxylic acids is 2. The molecule has 1 N–H and O–H groups in total. The zero-order chi connectivity index (χ0) is 22.8. The number of hydrogen-bond donors (Lipinski definition) is 1. The Morgan fingerprint density at radius 3 is 2.55 bits per heavy atom. The van der Waals surface area contributed by atoms with Crippen molar-refractivity contribution in [3.63, 3.8) is 0 Å². The van der Waals surface area contributed by atoms with Gasteiger partial charge in [-0.05, 0) is 23.3 Å². The normalized spacial score (nSPS) is 15.4. The molecule has 2 aromatic carbocycles. The second-order valence-electron chi connectivity index (χ2n) is 6.61. The topological polar surface area (TPSA) is 107 Å². The molecule has 0 bridgehead atoms. The molecule has 31 heavy (non-hydrogen) atoms. The smallest absolute Gasteiger partial charge is 0.402 e. The van der Waals surface area contributed by atoms with Crippen molar-refractivity contribution in [2.75, 3.05) is 6.61 Å².